The number of benzene rings is 1. The van der Waals surface area contributed by atoms with Crippen LogP contribution in [-0.4, -0.2) is 49.8 Å². The van der Waals surface area contributed by atoms with Gasteiger partial charge in [0.25, 0.3) is 0 Å². The lowest BCUT2D eigenvalue weighted by molar-refractivity contribution is -0.137. The number of aliphatic carboxylic acids is 1. The summed E-state index contributed by atoms with van der Waals surface area (Å²) in [5, 5.41) is 11.1. The van der Waals surface area contributed by atoms with E-state index < -0.39 is 28.4 Å². The maximum absolute atomic E-state index is 11.9. The predicted molar refractivity (Wildman–Crippen MR) is 76.6 cm³/mol. The number of nitrogens with zero attached hydrogens (tertiary/aromatic N) is 1. The van der Waals surface area contributed by atoms with Gasteiger partial charge in [-0.05, 0) is 24.3 Å². The van der Waals surface area contributed by atoms with Gasteiger partial charge in [-0.2, -0.15) is 0 Å². The minimum absolute atomic E-state index is 0.117. The lowest BCUT2D eigenvalue weighted by Crippen LogP contribution is -2.39. The maximum Gasteiger partial charge on any atom is 0.323 e. The largest absolute Gasteiger partial charge is 0.480 e. The number of carboxylic acid groups (broad SMARTS) is 1. The Hall–Kier alpha value is -2.53. The zero-order valence-electron chi connectivity index (χ0n) is 11.2. The van der Waals surface area contributed by atoms with E-state index in [0.717, 1.165) is 11.2 Å². The molecule has 0 aliphatic rings. The molecule has 0 aromatic heterocycles. The van der Waals surface area contributed by atoms with Crippen molar-refractivity contribution >= 4 is 27.5 Å². The Kier molecular flexibility index (Phi) is 5.32. The second-order valence-corrected chi connectivity index (χ2v) is 6.20. The number of hydrogen-bond donors (Lipinski definition) is 2. The van der Waals surface area contributed by atoms with Crippen LogP contribution in [0.4, 0.5) is 10.5 Å². The number of nitrogens with one attached hydrogen (secondary N) is 1. The number of amides is 2. The van der Waals surface area contributed by atoms with Gasteiger partial charge in [0.2, 0.25) is 0 Å². The molecule has 0 spiro atoms. The van der Waals surface area contributed by atoms with Crippen molar-refractivity contribution in [3.63, 3.8) is 0 Å². The Balaban J connectivity index is 2.82. The van der Waals surface area contributed by atoms with Crippen molar-refractivity contribution in [2.24, 2.45) is 0 Å². The molecule has 0 bridgehead atoms. The zero-order valence-corrected chi connectivity index (χ0v) is 12.1. The summed E-state index contributed by atoms with van der Waals surface area (Å²) < 4.78 is 22.6. The molecule has 1 aromatic rings. The number of hydrogen-bond acceptors (Lipinski definition) is 4. The Bertz CT molecular complexity index is 674. The van der Waals surface area contributed by atoms with Crippen LogP contribution in [0.25, 0.3) is 0 Å². The van der Waals surface area contributed by atoms with E-state index in [1.54, 1.807) is 0 Å². The van der Waals surface area contributed by atoms with Crippen molar-refractivity contribution in [1.82, 2.24) is 4.90 Å². The smallest absolute Gasteiger partial charge is 0.323 e. The van der Waals surface area contributed by atoms with Gasteiger partial charge in [-0.25, -0.2) is 13.2 Å². The van der Waals surface area contributed by atoms with Crippen molar-refractivity contribution in [2.45, 2.75) is 4.90 Å². The number of terminal acetylenes is 1. The Labute approximate surface area is 122 Å². The number of carbonyl (C=O) groups excluding carboxylic acids is 1. The summed E-state index contributed by atoms with van der Waals surface area (Å²) in [5.41, 5.74) is 0.333. The molecule has 0 saturated heterocycles. The van der Waals surface area contributed by atoms with Crippen LogP contribution in [0.15, 0.2) is 29.2 Å². The van der Waals surface area contributed by atoms with Gasteiger partial charge in [0.15, 0.2) is 9.84 Å². The molecule has 0 aliphatic heterocycles. The first-order valence-electron chi connectivity index (χ1n) is 5.75. The maximum atomic E-state index is 11.9. The highest BCUT2D eigenvalue weighted by Gasteiger charge is 2.16. The first kappa shape index (κ1) is 16.5. The Morgan fingerprint density at radius 1 is 1.33 bits per heavy atom. The number of anilines is 1. The SMILES string of the molecule is C#CCN(CC(=O)O)C(=O)Nc1ccc(S(C)(=O)=O)cc1. The average Bonchev–Trinajstić information content (AvgIpc) is 2.37. The van der Waals surface area contributed by atoms with Gasteiger partial charge in [-0.15, -0.1) is 6.42 Å². The molecule has 8 heteroatoms. The molecule has 2 amide bonds. The highest BCUT2D eigenvalue weighted by Crippen LogP contribution is 2.14. The van der Waals surface area contributed by atoms with Gasteiger partial charge >= 0.3 is 12.0 Å². The molecule has 2 N–H and O–H groups in total. The molecule has 112 valence electrons. The Morgan fingerprint density at radius 2 is 1.90 bits per heavy atom. The van der Waals surface area contributed by atoms with E-state index in [0.29, 0.717) is 5.69 Å². The molecule has 1 rings (SSSR count). The lowest BCUT2D eigenvalue weighted by Gasteiger charge is -2.18. The van der Waals surface area contributed by atoms with Crippen LogP contribution in [0.5, 0.6) is 0 Å². The van der Waals surface area contributed by atoms with Crippen molar-refractivity contribution in [2.75, 3.05) is 24.7 Å². The molecule has 21 heavy (non-hydrogen) atoms. The first-order chi connectivity index (χ1) is 9.74. The minimum atomic E-state index is -3.32. The van der Waals surface area contributed by atoms with Crippen molar-refractivity contribution in [3.05, 3.63) is 24.3 Å². The summed E-state index contributed by atoms with van der Waals surface area (Å²) in [6.07, 6.45) is 6.14. The summed E-state index contributed by atoms with van der Waals surface area (Å²) in [6, 6.07) is 4.82. The summed E-state index contributed by atoms with van der Waals surface area (Å²) in [5.74, 6) is 1.00. The van der Waals surface area contributed by atoms with E-state index in [-0.39, 0.29) is 11.4 Å². The zero-order chi connectivity index (χ0) is 16.0. The molecular formula is C13H14N2O5S. The molecule has 0 aliphatic carbocycles. The fourth-order valence-electron chi connectivity index (χ4n) is 1.46. The van der Waals surface area contributed by atoms with Crippen LogP contribution in [0.2, 0.25) is 0 Å². The molecule has 0 saturated carbocycles. The van der Waals surface area contributed by atoms with Crippen LogP contribution in [-0.2, 0) is 14.6 Å². The monoisotopic (exact) mass is 310 g/mol. The molecule has 1 aromatic carbocycles. The molecule has 0 heterocycles. The average molecular weight is 310 g/mol. The van der Waals surface area contributed by atoms with Gasteiger partial charge < -0.3 is 15.3 Å². The predicted octanol–water partition coefficient (Wildman–Crippen LogP) is 0.642. The second-order valence-electron chi connectivity index (χ2n) is 4.18. The van der Waals surface area contributed by atoms with E-state index in [2.05, 4.69) is 11.2 Å². The van der Waals surface area contributed by atoms with Crippen LogP contribution < -0.4 is 5.32 Å². The van der Waals surface area contributed by atoms with E-state index >= 15 is 0 Å². The third-order valence-corrected chi connectivity index (χ3v) is 3.56. The number of urea groups is 1. The third-order valence-electron chi connectivity index (χ3n) is 2.43. The van der Waals surface area contributed by atoms with E-state index in [1.165, 1.54) is 24.3 Å². The number of rotatable bonds is 5. The van der Waals surface area contributed by atoms with Gasteiger partial charge in [0.05, 0.1) is 11.4 Å². The van der Waals surface area contributed by atoms with Gasteiger partial charge in [-0.3, -0.25) is 4.79 Å². The summed E-state index contributed by atoms with van der Waals surface area (Å²) in [4.78, 5) is 23.6. The molecule has 0 unspecified atom stereocenters. The highest BCUT2D eigenvalue weighted by molar-refractivity contribution is 7.90. The summed E-state index contributed by atoms with van der Waals surface area (Å²) in [7, 11) is -3.32. The molecule has 0 radical (unpaired) electrons. The summed E-state index contributed by atoms with van der Waals surface area (Å²) >= 11 is 0. The van der Waals surface area contributed by atoms with Crippen molar-refractivity contribution in [3.8, 4) is 12.3 Å². The summed E-state index contributed by atoms with van der Waals surface area (Å²) in [6.45, 7) is -0.684. The van der Waals surface area contributed by atoms with Crippen LogP contribution in [0, 0.1) is 12.3 Å². The van der Waals surface area contributed by atoms with Crippen molar-refractivity contribution < 1.29 is 23.1 Å². The number of carboxylic acids is 1. The normalized spacial score (nSPS) is 10.5. The van der Waals surface area contributed by atoms with Crippen LogP contribution in [0.3, 0.4) is 0 Å². The Morgan fingerprint density at radius 3 is 2.33 bits per heavy atom. The second kappa shape index (κ2) is 6.76. The fraction of sp³-hybridized carbons (Fsp3) is 0.231. The van der Waals surface area contributed by atoms with Crippen LogP contribution in [0.1, 0.15) is 0 Å². The highest BCUT2D eigenvalue weighted by atomic mass is 32.2. The standard InChI is InChI=1S/C13H14N2O5S/c1-3-8-15(9-12(16)17)13(18)14-10-4-6-11(7-5-10)21(2,19)20/h1,4-7H,8-9H2,2H3,(H,14,18)(H,16,17). The molecule has 7 nitrogen and oxygen atoms in total. The van der Waals surface area contributed by atoms with Crippen molar-refractivity contribution in [1.29, 1.82) is 0 Å². The van der Waals surface area contributed by atoms with Gasteiger partial charge in [0.1, 0.15) is 6.54 Å². The van der Waals surface area contributed by atoms with Crippen LogP contribution >= 0.6 is 0 Å². The van der Waals surface area contributed by atoms with Gasteiger partial charge in [-0.1, -0.05) is 5.92 Å². The minimum Gasteiger partial charge on any atom is -0.480 e. The van der Waals surface area contributed by atoms with E-state index in [9.17, 15) is 18.0 Å². The number of carbonyl (C=O) groups is 2. The van der Waals surface area contributed by atoms with E-state index in [4.69, 9.17) is 11.5 Å². The molecular weight excluding hydrogens is 296 g/mol. The van der Waals surface area contributed by atoms with Gasteiger partial charge in [0, 0.05) is 11.9 Å². The third kappa shape index (κ3) is 5.16. The molecule has 0 atom stereocenters. The van der Waals surface area contributed by atoms with E-state index in [1.807, 2.05) is 0 Å². The lowest BCUT2D eigenvalue weighted by atomic mass is 10.3. The quantitative estimate of drug-likeness (QED) is 0.777. The molecule has 0 fully saturated rings. The number of sulfone groups is 1. The fourth-order valence-corrected chi connectivity index (χ4v) is 2.09. The topological polar surface area (TPSA) is 104 Å². The first-order valence-corrected chi connectivity index (χ1v) is 7.64.